The van der Waals surface area contributed by atoms with Crippen LogP contribution in [0.3, 0.4) is 0 Å². The number of hydrogen-bond acceptors (Lipinski definition) is 4. The number of aliphatic hydroxyl groups is 1. The molecule has 2 rings (SSSR count). The Hall–Kier alpha value is -2.41. The van der Waals surface area contributed by atoms with Gasteiger partial charge in [0.05, 0.1) is 17.5 Å². The highest BCUT2D eigenvalue weighted by Crippen LogP contribution is 2.20. The number of para-hydroxylation sites is 2. The molecule has 1 atom stereocenters. The summed E-state index contributed by atoms with van der Waals surface area (Å²) >= 11 is 0. The number of aliphatic hydroxyl groups excluding tert-OH is 1. The predicted octanol–water partition coefficient (Wildman–Crippen LogP) is 2.02. The second kappa shape index (κ2) is 7.23. The number of aromatic nitrogens is 3. The van der Waals surface area contributed by atoms with Crippen LogP contribution in [0.15, 0.2) is 24.3 Å². The molecule has 1 heterocycles. The first-order valence-corrected chi connectivity index (χ1v) is 7.61. The monoisotopic (exact) mass is 317 g/mol. The van der Waals surface area contributed by atoms with Gasteiger partial charge >= 0.3 is 6.03 Å². The number of nitrogens with zero attached hydrogens (tertiary/aromatic N) is 3. The molecule has 0 radical (unpaired) electrons. The van der Waals surface area contributed by atoms with Crippen molar-refractivity contribution in [2.45, 2.75) is 33.8 Å². The third-order valence-electron chi connectivity index (χ3n) is 3.50. The number of carbonyl (C=O) groups excluding carboxylic acids is 1. The van der Waals surface area contributed by atoms with Crippen molar-refractivity contribution in [1.82, 2.24) is 20.1 Å². The van der Waals surface area contributed by atoms with E-state index in [4.69, 9.17) is 0 Å². The van der Waals surface area contributed by atoms with Crippen LogP contribution in [0.4, 0.5) is 10.5 Å². The first-order valence-electron chi connectivity index (χ1n) is 7.61. The Labute approximate surface area is 135 Å². The number of nitrogens with one attached hydrogen (secondary N) is 2. The van der Waals surface area contributed by atoms with Gasteiger partial charge in [0, 0.05) is 6.54 Å². The molecule has 0 bridgehead atoms. The second-order valence-corrected chi connectivity index (χ2v) is 5.78. The van der Waals surface area contributed by atoms with E-state index in [1.807, 2.05) is 45.9 Å². The van der Waals surface area contributed by atoms with Gasteiger partial charge in [0.25, 0.3) is 0 Å². The molecule has 0 aliphatic heterocycles. The van der Waals surface area contributed by atoms with Gasteiger partial charge in [0.15, 0.2) is 0 Å². The first-order chi connectivity index (χ1) is 10.9. The molecule has 1 aromatic carbocycles. The number of urea groups is 1. The molecule has 0 aliphatic rings. The van der Waals surface area contributed by atoms with Gasteiger partial charge in [-0.15, -0.1) is 0 Å². The lowest BCUT2D eigenvalue weighted by Crippen LogP contribution is -2.37. The van der Waals surface area contributed by atoms with Crippen LogP contribution in [-0.2, 0) is 0 Å². The minimum atomic E-state index is -0.573. The van der Waals surface area contributed by atoms with Crippen molar-refractivity contribution >= 4 is 11.7 Å². The van der Waals surface area contributed by atoms with Gasteiger partial charge in [0.2, 0.25) is 0 Å². The van der Waals surface area contributed by atoms with Gasteiger partial charge in [-0.1, -0.05) is 26.0 Å². The van der Waals surface area contributed by atoms with Crippen LogP contribution in [-0.4, -0.2) is 38.6 Å². The molecular formula is C16H23N5O2. The van der Waals surface area contributed by atoms with Crippen LogP contribution in [0, 0.1) is 19.8 Å². The number of benzene rings is 1. The first kappa shape index (κ1) is 17.0. The zero-order chi connectivity index (χ0) is 17.0. The lowest BCUT2D eigenvalue weighted by molar-refractivity contribution is 0.126. The fourth-order valence-corrected chi connectivity index (χ4v) is 2.11. The Bertz CT molecular complexity index is 681. The summed E-state index contributed by atoms with van der Waals surface area (Å²) in [5, 5.41) is 19.5. The molecule has 7 nitrogen and oxygen atoms in total. The summed E-state index contributed by atoms with van der Waals surface area (Å²) in [5.41, 5.74) is 1.36. The minimum Gasteiger partial charge on any atom is -0.391 e. The summed E-state index contributed by atoms with van der Waals surface area (Å²) in [6.07, 6.45) is -0.573. The molecule has 0 saturated heterocycles. The Morgan fingerprint density at radius 1 is 1.30 bits per heavy atom. The van der Waals surface area contributed by atoms with E-state index < -0.39 is 6.10 Å². The molecule has 2 aromatic rings. The number of anilines is 1. The highest BCUT2D eigenvalue weighted by atomic mass is 16.3. The summed E-state index contributed by atoms with van der Waals surface area (Å²) in [4.78, 5) is 16.3. The van der Waals surface area contributed by atoms with Crippen LogP contribution < -0.4 is 10.6 Å². The molecule has 7 heteroatoms. The Kier molecular flexibility index (Phi) is 5.33. The Morgan fingerprint density at radius 3 is 2.61 bits per heavy atom. The average Bonchev–Trinajstić information content (AvgIpc) is 2.83. The highest BCUT2D eigenvalue weighted by molar-refractivity contribution is 5.91. The van der Waals surface area contributed by atoms with Crippen molar-refractivity contribution in [3.05, 3.63) is 35.9 Å². The molecule has 1 unspecified atom stereocenters. The standard InChI is InChI=1S/C16H23N5O2/c1-10(2)15(22)9-17-16(23)19-13-7-5-6-8-14(13)21-12(4)18-11(3)20-21/h5-8,10,15,22H,9H2,1-4H3,(H2,17,19,23). The van der Waals surface area contributed by atoms with Crippen LogP contribution >= 0.6 is 0 Å². The zero-order valence-corrected chi connectivity index (χ0v) is 13.9. The van der Waals surface area contributed by atoms with E-state index in [0.29, 0.717) is 11.5 Å². The number of amides is 2. The lowest BCUT2D eigenvalue weighted by Gasteiger charge is -2.16. The topological polar surface area (TPSA) is 92.1 Å². The quantitative estimate of drug-likeness (QED) is 0.786. The van der Waals surface area contributed by atoms with E-state index in [2.05, 4.69) is 20.7 Å². The van der Waals surface area contributed by atoms with Gasteiger partial charge in [-0.3, -0.25) is 0 Å². The summed E-state index contributed by atoms with van der Waals surface area (Å²) in [6.45, 7) is 7.67. The second-order valence-electron chi connectivity index (χ2n) is 5.78. The Balaban J connectivity index is 2.12. The van der Waals surface area contributed by atoms with Crippen molar-refractivity contribution in [2.75, 3.05) is 11.9 Å². The SMILES string of the molecule is Cc1nc(C)n(-c2ccccc2NC(=O)NCC(O)C(C)C)n1. The van der Waals surface area contributed by atoms with Crippen molar-refractivity contribution in [3.8, 4) is 5.69 Å². The minimum absolute atomic E-state index is 0.0864. The van der Waals surface area contributed by atoms with Gasteiger partial charge in [-0.25, -0.2) is 14.5 Å². The number of aryl methyl sites for hydroxylation is 2. The van der Waals surface area contributed by atoms with E-state index >= 15 is 0 Å². The molecule has 2 amide bonds. The van der Waals surface area contributed by atoms with E-state index in [-0.39, 0.29) is 18.5 Å². The highest BCUT2D eigenvalue weighted by Gasteiger charge is 2.13. The predicted molar refractivity (Wildman–Crippen MR) is 88.7 cm³/mol. The summed E-state index contributed by atoms with van der Waals surface area (Å²) in [5.74, 6) is 1.50. The summed E-state index contributed by atoms with van der Waals surface area (Å²) in [7, 11) is 0. The normalized spacial score (nSPS) is 12.3. The molecule has 0 aliphatic carbocycles. The Morgan fingerprint density at radius 2 is 2.00 bits per heavy atom. The van der Waals surface area contributed by atoms with Crippen molar-refractivity contribution in [2.24, 2.45) is 5.92 Å². The summed E-state index contributed by atoms with van der Waals surface area (Å²) in [6, 6.07) is 6.99. The number of rotatable bonds is 5. The maximum Gasteiger partial charge on any atom is 0.319 e. The number of hydrogen-bond donors (Lipinski definition) is 3. The summed E-state index contributed by atoms with van der Waals surface area (Å²) < 4.78 is 1.69. The van der Waals surface area contributed by atoms with Gasteiger partial charge in [-0.2, -0.15) is 5.10 Å². The van der Waals surface area contributed by atoms with Crippen LogP contribution in [0.2, 0.25) is 0 Å². The zero-order valence-electron chi connectivity index (χ0n) is 13.9. The van der Waals surface area contributed by atoms with Crippen LogP contribution in [0.1, 0.15) is 25.5 Å². The average molecular weight is 317 g/mol. The van der Waals surface area contributed by atoms with E-state index in [0.717, 1.165) is 11.5 Å². The lowest BCUT2D eigenvalue weighted by atomic mass is 10.1. The van der Waals surface area contributed by atoms with E-state index in [1.54, 1.807) is 10.7 Å². The smallest absolute Gasteiger partial charge is 0.319 e. The molecule has 3 N–H and O–H groups in total. The van der Waals surface area contributed by atoms with Crippen molar-refractivity contribution in [3.63, 3.8) is 0 Å². The van der Waals surface area contributed by atoms with Gasteiger partial charge in [0.1, 0.15) is 11.6 Å². The molecule has 124 valence electrons. The third-order valence-corrected chi connectivity index (χ3v) is 3.50. The van der Waals surface area contributed by atoms with E-state index in [9.17, 15) is 9.90 Å². The molecule has 0 fully saturated rings. The number of carbonyl (C=O) groups is 1. The van der Waals surface area contributed by atoms with E-state index in [1.165, 1.54) is 0 Å². The maximum absolute atomic E-state index is 12.0. The molecule has 23 heavy (non-hydrogen) atoms. The van der Waals surface area contributed by atoms with Gasteiger partial charge in [-0.05, 0) is 31.9 Å². The third kappa shape index (κ3) is 4.29. The van der Waals surface area contributed by atoms with Crippen molar-refractivity contribution < 1.29 is 9.90 Å². The molecule has 0 spiro atoms. The molecule has 1 aromatic heterocycles. The fourth-order valence-electron chi connectivity index (χ4n) is 2.11. The van der Waals surface area contributed by atoms with Gasteiger partial charge < -0.3 is 15.7 Å². The maximum atomic E-state index is 12.0. The fraction of sp³-hybridized carbons (Fsp3) is 0.438. The van der Waals surface area contributed by atoms with Crippen LogP contribution in [0.5, 0.6) is 0 Å². The largest absolute Gasteiger partial charge is 0.391 e. The van der Waals surface area contributed by atoms with Crippen molar-refractivity contribution in [1.29, 1.82) is 0 Å². The molecule has 0 saturated carbocycles. The van der Waals surface area contributed by atoms with Crippen LogP contribution in [0.25, 0.3) is 5.69 Å². The molecular weight excluding hydrogens is 294 g/mol.